The molecule has 182 valence electrons. The van der Waals surface area contributed by atoms with Crippen LogP contribution in [0.25, 0.3) is 6.08 Å². The molecular formula is C26H34N4O4. The number of benzene rings is 1. The number of amides is 3. The Labute approximate surface area is 201 Å². The molecule has 1 aliphatic rings. The number of piperazine rings is 1. The molecular weight excluding hydrogens is 432 g/mol. The van der Waals surface area contributed by atoms with E-state index < -0.39 is 17.7 Å². The molecule has 0 bridgehead atoms. The maximum Gasteiger partial charge on any atom is 0.277 e. The molecule has 2 unspecified atom stereocenters. The maximum atomic E-state index is 12.6. The maximum absolute atomic E-state index is 12.6. The summed E-state index contributed by atoms with van der Waals surface area (Å²) >= 11 is 0. The zero-order chi connectivity index (χ0) is 24.8. The summed E-state index contributed by atoms with van der Waals surface area (Å²) in [4.78, 5) is 41.7. The number of imide groups is 1. The average Bonchev–Trinajstić information content (AvgIpc) is 3.26. The fourth-order valence-electron chi connectivity index (χ4n) is 4.16. The Hall–Kier alpha value is -3.26. The third kappa shape index (κ3) is 5.99. The van der Waals surface area contributed by atoms with Gasteiger partial charge in [-0.15, -0.1) is 0 Å². The molecule has 1 N–H and O–H groups in total. The Morgan fingerprint density at radius 2 is 2.00 bits per heavy atom. The normalized spacial score (nSPS) is 17.2. The van der Waals surface area contributed by atoms with Crippen molar-refractivity contribution >= 4 is 23.8 Å². The van der Waals surface area contributed by atoms with Crippen LogP contribution in [0.2, 0.25) is 0 Å². The highest BCUT2D eigenvalue weighted by molar-refractivity contribution is 6.12. The lowest BCUT2D eigenvalue weighted by atomic mass is 9.94. The highest BCUT2D eigenvalue weighted by Crippen LogP contribution is 2.29. The first-order valence-electron chi connectivity index (χ1n) is 11.7. The number of hydrogen-bond acceptors (Lipinski definition) is 5. The quantitative estimate of drug-likeness (QED) is 0.570. The molecule has 2 aromatic rings. The predicted molar refractivity (Wildman–Crippen MR) is 130 cm³/mol. The molecule has 2 atom stereocenters. The molecule has 0 radical (unpaired) electrons. The van der Waals surface area contributed by atoms with Crippen molar-refractivity contribution in [2.24, 2.45) is 0 Å². The van der Waals surface area contributed by atoms with Gasteiger partial charge in [0.05, 0.1) is 24.2 Å². The minimum Gasteiger partial charge on any atom is -0.381 e. The third-order valence-corrected chi connectivity index (χ3v) is 6.10. The molecule has 2 heterocycles. The van der Waals surface area contributed by atoms with E-state index >= 15 is 0 Å². The van der Waals surface area contributed by atoms with Crippen LogP contribution in [-0.4, -0.2) is 51.9 Å². The van der Waals surface area contributed by atoms with E-state index in [9.17, 15) is 14.4 Å². The van der Waals surface area contributed by atoms with Gasteiger partial charge in [-0.05, 0) is 36.0 Å². The zero-order valence-corrected chi connectivity index (χ0v) is 20.6. The van der Waals surface area contributed by atoms with Gasteiger partial charge in [0.25, 0.3) is 5.91 Å². The summed E-state index contributed by atoms with van der Waals surface area (Å²) in [5, 5.41) is 2.56. The van der Waals surface area contributed by atoms with Gasteiger partial charge >= 0.3 is 0 Å². The number of carbonyl (C=O) groups is 3. The Morgan fingerprint density at radius 3 is 2.65 bits per heavy atom. The van der Waals surface area contributed by atoms with Gasteiger partial charge in [-0.2, -0.15) is 0 Å². The number of carbonyl (C=O) groups excluding carboxylic acids is 3. The van der Waals surface area contributed by atoms with Gasteiger partial charge in [-0.1, -0.05) is 51.5 Å². The molecule has 1 saturated heterocycles. The van der Waals surface area contributed by atoms with E-state index in [0.717, 1.165) is 29.7 Å². The number of rotatable bonds is 9. The van der Waals surface area contributed by atoms with Gasteiger partial charge < -0.3 is 14.6 Å². The summed E-state index contributed by atoms with van der Waals surface area (Å²) in [6.07, 6.45) is 7.92. The fourth-order valence-corrected chi connectivity index (χ4v) is 4.16. The van der Waals surface area contributed by atoms with Crippen molar-refractivity contribution in [1.29, 1.82) is 0 Å². The SMILES string of the molecule is CCCC(CC(c1cccc(C(C)C)c1)n1cnc(/C=C2\NC(=O)CN(C(C)=O)C2=O)c1)OC. The van der Waals surface area contributed by atoms with Crippen LogP contribution in [0.1, 0.15) is 75.7 Å². The summed E-state index contributed by atoms with van der Waals surface area (Å²) in [6, 6.07) is 8.53. The molecule has 1 aromatic heterocycles. The number of hydrogen-bond donors (Lipinski definition) is 1. The van der Waals surface area contributed by atoms with E-state index in [2.05, 4.69) is 55.3 Å². The van der Waals surface area contributed by atoms with Crippen molar-refractivity contribution in [2.45, 2.75) is 65.0 Å². The molecule has 0 spiro atoms. The molecule has 1 fully saturated rings. The average molecular weight is 467 g/mol. The lowest BCUT2D eigenvalue weighted by molar-refractivity contribution is -0.147. The number of methoxy groups -OCH3 is 1. The van der Waals surface area contributed by atoms with Gasteiger partial charge in [0.15, 0.2) is 0 Å². The van der Waals surface area contributed by atoms with Gasteiger partial charge in [-0.25, -0.2) is 4.98 Å². The Morgan fingerprint density at radius 1 is 1.26 bits per heavy atom. The van der Waals surface area contributed by atoms with Crippen LogP contribution in [0.4, 0.5) is 0 Å². The highest BCUT2D eigenvalue weighted by Gasteiger charge is 2.31. The second kappa shape index (κ2) is 11.2. The monoisotopic (exact) mass is 466 g/mol. The van der Waals surface area contributed by atoms with E-state index in [1.54, 1.807) is 13.4 Å². The largest absolute Gasteiger partial charge is 0.381 e. The second-order valence-corrected chi connectivity index (χ2v) is 8.98. The first kappa shape index (κ1) is 25.4. The van der Waals surface area contributed by atoms with Crippen LogP contribution in [0.5, 0.6) is 0 Å². The van der Waals surface area contributed by atoms with E-state index in [0.29, 0.717) is 11.6 Å². The van der Waals surface area contributed by atoms with Crippen molar-refractivity contribution in [3.05, 3.63) is 59.3 Å². The minimum absolute atomic E-state index is 0.0137. The summed E-state index contributed by atoms with van der Waals surface area (Å²) in [5.41, 5.74) is 2.97. The molecule has 0 aliphatic carbocycles. The molecule has 3 rings (SSSR count). The third-order valence-electron chi connectivity index (χ3n) is 6.10. The summed E-state index contributed by atoms with van der Waals surface area (Å²) in [6.45, 7) is 7.47. The van der Waals surface area contributed by atoms with Crippen molar-refractivity contribution in [2.75, 3.05) is 13.7 Å². The minimum atomic E-state index is -0.537. The molecule has 3 amide bonds. The zero-order valence-electron chi connectivity index (χ0n) is 20.6. The second-order valence-electron chi connectivity index (χ2n) is 8.98. The Bertz CT molecular complexity index is 1070. The number of ether oxygens (including phenoxy) is 1. The van der Waals surface area contributed by atoms with Crippen molar-refractivity contribution < 1.29 is 19.1 Å². The lowest BCUT2D eigenvalue weighted by Crippen LogP contribution is -2.51. The molecule has 0 saturated carbocycles. The first-order chi connectivity index (χ1) is 16.2. The number of aromatic nitrogens is 2. The Balaban J connectivity index is 1.95. The van der Waals surface area contributed by atoms with Crippen LogP contribution < -0.4 is 5.32 Å². The van der Waals surface area contributed by atoms with E-state index in [-0.39, 0.29) is 24.4 Å². The molecule has 34 heavy (non-hydrogen) atoms. The summed E-state index contributed by atoms with van der Waals surface area (Å²) < 4.78 is 7.77. The van der Waals surface area contributed by atoms with Gasteiger partial charge in [0.2, 0.25) is 11.8 Å². The van der Waals surface area contributed by atoms with Crippen LogP contribution in [0.15, 0.2) is 42.5 Å². The van der Waals surface area contributed by atoms with Crippen molar-refractivity contribution in [1.82, 2.24) is 19.8 Å². The summed E-state index contributed by atoms with van der Waals surface area (Å²) in [5.74, 6) is -1.01. The van der Waals surface area contributed by atoms with Crippen molar-refractivity contribution in [3.63, 3.8) is 0 Å². The van der Waals surface area contributed by atoms with Gasteiger partial charge in [0, 0.05) is 20.2 Å². The van der Waals surface area contributed by atoms with Crippen LogP contribution >= 0.6 is 0 Å². The van der Waals surface area contributed by atoms with Crippen LogP contribution in [0.3, 0.4) is 0 Å². The Kier molecular flexibility index (Phi) is 8.39. The predicted octanol–water partition coefficient (Wildman–Crippen LogP) is 3.65. The smallest absolute Gasteiger partial charge is 0.277 e. The molecule has 1 aromatic carbocycles. The number of imidazole rings is 1. The summed E-state index contributed by atoms with van der Waals surface area (Å²) in [7, 11) is 1.74. The standard InChI is InChI=1S/C26H34N4O4/c1-6-8-22(34-5)13-24(20-10-7-9-19(11-20)17(2)3)29-14-21(27-16-29)12-23-26(33)30(18(4)31)15-25(32)28-23/h7,9-12,14,16-17,22,24H,6,8,13,15H2,1-5H3,(H,28,32)/b23-12-. The van der Waals surface area contributed by atoms with Gasteiger partial charge in [-0.3, -0.25) is 19.3 Å². The van der Waals surface area contributed by atoms with Crippen LogP contribution in [0, 0.1) is 0 Å². The fraction of sp³-hybridized carbons (Fsp3) is 0.462. The van der Waals surface area contributed by atoms with E-state index in [4.69, 9.17) is 4.74 Å². The topological polar surface area (TPSA) is 93.5 Å². The molecule has 1 aliphatic heterocycles. The number of nitrogens with one attached hydrogen (secondary N) is 1. The van der Waals surface area contributed by atoms with Crippen LogP contribution in [-0.2, 0) is 19.1 Å². The van der Waals surface area contributed by atoms with E-state index in [1.165, 1.54) is 18.6 Å². The molecule has 8 heteroatoms. The molecule has 8 nitrogen and oxygen atoms in total. The van der Waals surface area contributed by atoms with Crippen molar-refractivity contribution in [3.8, 4) is 0 Å². The van der Waals surface area contributed by atoms with Gasteiger partial charge in [0.1, 0.15) is 12.2 Å². The highest BCUT2D eigenvalue weighted by atomic mass is 16.5. The lowest BCUT2D eigenvalue weighted by Gasteiger charge is -2.25. The number of nitrogens with zero attached hydrogens (tertiary/aromatic N) is 3. The van der Waals surface area contributed by atoms with E-state index in [1.807, 2.05) is 10.8 Å². The first-order valence-corrected chi connectivity index (χ1v) is 11.7.